The van der Waals surface area contributed by atoms with Gasteiger partial charge in [-0.3, -0.25) is 9.59 Å². The molecule has 5 heteroatoms. The van der Waals surface area contributed by atoms with Crippen molar-refractivity contribution in [2.45, 2.75) is 27.2 Å². The molecule has 1 aliphatic rings. The quantitative estimate of drug-likeness (QED) is 0.928. The van der Waals surface area contributed by atoms with E-state index in [-0.39, 0.29) is 18.4 Å². The van der Waals surface area contributed by atoms with Gasteiger partial charge in [-0.1, -0.05) is 19.9 Å². The first-order chi connectivity index (χ1) is 10.9. The Hall–Kier alpha value is -1.88. The Kier molecular flexibility index (Phi) is 5.77. The molecular formula is C18H26N2O3. The van der Waals surface area contributed by atoms with Gasteiger partial charge in [0, 0.05) is 31.5 Å². The van der Waals surface area contributed by atoms with E-state index in [1.54, 1.807) is 6.07 Å². The van der Waals surface area contributed by atoms with Crippen molar-refractivity contribution < 1.29 is 14.3 Å². The zero-order valence-corrected chi connectivity index (χ0v) is 14.4. The summed E-state index contributed by atoms with van der Waals surface area (Å²) in [6.07, 6.45) is 1.16. The maximum absolute atomic E-state index is 12.8. The van der Waals surface area contributed by atoms with E-state index in [1.165, 1.54) is 7.11 Å². The van der Waals surface area contributed by atoms with Gasteiger partial charge in [-0.2, -0.15) is 0 Å². The lowest BCUT2D eigenvalue weighted by molar-refractivity contribution is -0.119. The Morgan fingerprint density at radius 3 is 2.52 bits per heavy atom. The summed E-state index contributed by atoms with van der Waals surface area (Å²) >= 11 is 0. The van der Waals surface area contributed by atoms with E-state index in [9.17, 15) is 9.59 Å². The van der Waals surface area contributed by atoms with Crippen molar-refractivity contribution in [3.05, 3.63) is 29.3 Å². The summed E-state index contributed by atoms with van der Waals surface area (Å²) in [4.78, 5) is 26.4. The Bertz CT molecular complexity index is 576. The molecule has 0 radical (unpaired) electrons. The Morgan fingerprint density at radius 1 is 1.26 bits per heavy atom. The smallest absolute Gasteiger partial charge is 0.253 e. The van der Waals surface area contributed by atoms with E-state index >= 15 is 0 Å². The van der Waals surface area contributed by atoms with Gasteiger partial charge in [0.1, 0.15) is 6.61 Å². The number of benzene rings is 1. The number of ether oxygens (including phenoxy) is 1. The summed E-state index contributed by atoms with van der Waals surface area (Å²) in [6.45, 7) is 7.86. The molecule has 1 aromatic carbocycles. The highest BCUT2D eigenvalue weighted by Crippen LogP contribution is 2.24. The number of anilines is 1. The number of hydrogen-bond acceptors (Lipinski definition) is 3. The standard InChI is InChI=1S/C18H26N2O3/c1-12-7-13(2)10-20(9-12)18(22)15-6-5-14(3)16(8-15)19-17(21)11-23-4/h5-6,8,12-13H,7,9-11H2,1-4H3,(H,19,21)/t12-,13+. The predicted octanol–water partition coefficient (Wildman–Crippen LogP) is 2.70. The molecule has 1 fully saturated rings. The van der Waals surface area contributed by atoms with Crippen molar-refractivity contribution >= 4 is 17.5 Å². The molecule has 126 valence electrons. The fourth-order valence-electron chi connectivity index (χ4n) is 3.22. The number of carbonyl (C=O) groups excluding carboxylic acids is 2. The third kappa shape index (κ3) is 4.55. The molecule has 0 aromatic heterocycles. The number of hydrogen-bond donors (Lipinski definition) is 1. The van der Waals surface area contributed by atoms with Gasteiger partial charge in [0.15, 0.2) is 0 Å². The zero-order valence-electron chi connectivity index (χ0n) is 14.4. The summed E-state index contributed by atoms with van der Waals surface area (Å²) in [5.41, 5.74) is 2.20. The lowest BCUT2D eigenvalue weighted by Gasteiger charge is -2.35. The van der Waals surface area contributed by atoms with Gasteiger partial charge in [0.2, 0.25) is 5.91 Å². The van der Waals surface area contributed by atoms with Gasteiger partial charge in [0.25, 0.3) is 5.91 Å². The molecule has 2 atom stereocenters. The second-order valence-corrected chi connectivity index (χ2v) is 6.67. The maximum Gasteiger partial charge on any atom is 0.253 e. The first kappa shape index (κ1) is 17.5. The molecular weight excluding hydrogens is 292 g/mol. The highest BCUT2D eigenvalue weighted by Gasteiger charge is 2.26. The van der Waals surface area contributed by atoms with Gasteiger partial charge in [-0.15, -0.1) is 0 Å². The second-order valence-electron chi connectivity index (χ2n) is 6.67. The largest absolute Gasteiger partial charge is 0.375 e. The van der Waals surface area contributed by atoms with Gasteiger partial charge < -0.3 is 15.0 Å². The molecule has 23 heavy (non-hydrogen) atoms. The number of methoxy groups -OCH3 is 1. The lowest BCUT2D eigenvalue weighted by Crippen LogP contribution is -2.42. The molecule has 0 bridgehead atoms. The van der Waals surface area contributed by atoms with Crippen LogP contribution in [0.2, 0.25) is 0 Å². The second kappa shape index (κ2) is 7.59. The highest BCUT2D eigenvalue weighted by atomic mass is 16.5. The molecule has 1 N–H and O–H groups in total. The summed E-state index contributed by atoms with van der Waals surface area (Å²) in [7, 11) is 1.48. The molecule has 1 aliphatic heterocycles. The first-order valence-electron chi connectivity index (χ1n) is 8.09. The van der Waals surface area contributed by atoms with Gasteiger partial charge in [0.05, 0.1) is 0 Å². The SMILES string of the molecule is COCC(=O)Nc1cc(C(=O)N2C[C@H](C)C[C@H](C)C2)ccc1C. The molecule has 0 spiro atoms. The molecule has 2 amide bonds. The molecule has 1 saturated heterocycles. The third-order valence-electron chi connectivity index (χ3n) is 4.19. The van der Waals surface area contributed by atoms with Crippen LogP contribution in [0.1, 0.15) is 36.2 Å². The molecule has 5 nitrogen and oxygen atoms in total. The van der Waals surface area contributed by atoms with Crippen molar-refractivity contribution in [2.24, 2.45) is 11.8 Å². The maximum atomic E-state index is 12.8. The van der Waals surface area contributed by atoms with Crippen LogP contribution in [-0.2, 0) is 9.53 Å². The minimum Gasteiger partial charge on any atom is -0.375 e. The minimum absolute atomic E-state index is 0.00122. The molecule has 0 aliphatic carbocycles. The van der Waals surface area contributed by atoms with Crippen LogP contribution in [0, 0.1) is 18.8 Å². The van der Waals surface area contributed by atoms with E-state index in [0.717, 1.165) is 25.1 Å². The molecule has 0 saturated carbocycles. The van der Waals surface area contributed by atoms with E-state index in [4.69, 9.17) is 4.74 Å². The van der Waals surface area contributed by atoms with E-state index < -0.39 is 0 Å². The summed E-state index contributed by atoms with van der Waals surface area (Å²) < 4.78 is 4.82. The van der Waals surface area contributed by atoms with Gasteiger partial charge in [-0.25, -0.2) is 0 Å². The number of nitrogens with one attached hydrogen (secondary N) is 1. The van der Waals surface area contributed by atoms with Crippen molar-refractivity contribution in [3.8, 4) is 0 Å². The number of piperidine rings is 1. The zero-order chi connectivity index (χ0) is 17.0. The summed E-state index contributed by atoms with van der Waals surface area (Å²) in [5, 5.41) is 2.79. The van der Waals surface area contributed by atoms with Crippen molar-refractivity contribution in [1.82, 2.24) is 4.90 Å². The average molecular weight is 318 g/mol. The molecule has 0 unspecified atom stereocenters. The third-order valence-corrected chi connectivity index (χ3v) is 4.19. The fraction of sp³-hybridized carbons (Fsp3) is 0.556. The number of rotatable bonds is 4. The van der Waals surface area contributed by atoms with Crippen molar-refractivity contribution in [1.29, 1.82) is 0 Å². The van der Waals surface area contributed by atoms with Crippen LogP contribution in [0.25, 0.3) is 0 Å². The number of amides is 2. The van der Waals surface area contributed by atoms with Crippen LogP contribution in [0.15, 0.2) is 18.2 Å². The van der Waals surface area contributed by atoms with Crippen LogP contribution in [0.5, 0.6) is 0 Å². The van der Waals surface area contributed by atoms with Crippen LogP contribution < -0.4 is 5.32 Å². The molecule has 2 rings (SSSR count). The average Bonchev–Trinajstić information content (AvgIpc) is 2.48. The number of carbonyl (C=O) groups is 2. The van der Waals surface area contributed by atoms with Crippen molar-refractivity contribution in [2.75, 3.05) is 32.1 Å². The lowest BCUT2D eigenvalue weighted by atomic mass is 9.91. The highest BCUT2D eigenvalue weighted by molar-refractivity contribution is 5.98. The normalized spacial score (nSPS) is 21.1. The van der Waals surface area contributed by atoms with Crippen LogP contribution in [0.4, 0.5) is 5.69 Å². The van der Waals surface area contributed by atoms with E-state index in [0.29, 0.717) is 23.1 Å². The first-order valence-corrected chi connectivity index (χ1v) is 8.09. The summed E-state index contributed by atoms with van der Waals surface area (Å²) in [6, 6.07) is 5.45. The van der Waals surface area contributed by atoms with E-state index in [2.05, 4.69) is 19.2 Å². The van der Waals surface area contributed by atoms with Crippen LogP contribution >= 0.6 is 0 Å². The van der Waals surface area contributed by atoms with E-state index in [1.807, 2.05) is 24.0 Å². The summed E-state index contributed by atoms with van der Waals surface area (Å²) in [5.74, 6) is 0.856. The topological polar surface area (TPSA) is 58.6 Å². The molecule has 1 heterocycles. The van der Waals surface area contributed by atoms with Gasteiger partial charge >= 0.3 is 0 Å². The minimum atomic E-state index is -0.222. The Morgan fingerprint density at radius 2 is 1.91 bits per heavy atom. The van der Waals surface area contributed by atoms with Gasteiger partial charge in [-0.05, 0) is 42.9 Å². The monoisotopic (exact) mass is 318 g/mol. The Labute approximate surface area is 138 Å². The van der Waals surface area contributed by atoms with Crippen molar-refractivity contribution in [3.63, 3.8) is 0 Å². The van der Waals surface area contributed by atoms with Crippen LogP contribution in [-0.4, -0.2) is 43.5 Å². The number of likely N-dealkylation sites (tertiary alicyclic amines) is 1. The number of aryl methyl sites for hydroxylation is 1. The number of nitrogens with zero attached hydrogens (tertiary/aromatic N) is 1. The Balaban J connectivity index is 2.16. The van der Waals surface area contributed by atoms with Crippen LogP contribution in [0.3, 0.4) is 0 Å². The molecule has 1 aromatic rings. The predicted molar refractivity (Wildman–Crippen MR) is 90.5 cm³/mol. The fourth-order valence-corrected chi connectivity index (χ4v) is 3.22.